The van der Waals surface area contributed by atoms with Gasteiger partial charge in [0, 0.05) is 0 Å². The van der Waals surface area contributed by atoms with Crippen molar-refractivity contribution in [3.63, 3.8) is 0 Å². The quantitative estimate of drug-likeness (QED) is 0.614. The van der Waals surface area contributed by atoms with Gasteiger partial charge in [0.05, 0.1) is 6.61 Å². The maximum absolute atomic E-state index is 14.9. The van der Waals surface area contributed by atoms with Crippen LogP contribution in [0, 0.1) is 0 Å². The van der Waals surface area contributed by atoms with E-state index < -0.39 is 43.8 Å². The van der Waals surface area contributed by atoms with E-state index in [-0.39, 0.29) is 5.95 Å². The van der Waals surface area contributed by atoms with Crippen molar-refractivity contribution in [1.29, 1.82) is 0 Å². The first kappa shape index (κ1) is 16.9. The number of halogens is 2. The summed E-state index contributed by atoms with van der Waals surface area (Å²) in [5, 5.41) is 16.6. The van der Waals surface area contributed by atoms with E-state index in [1.54, 1.807) is 19.6 Å². The second-order valence-electron chi connectivity index (χ2n) is 6.17. The molecule has 1 aromatic heterocycles. The molecule has 0 amide bonds. The molecule has 0 bridgehead atoms. The summed E-state index contributed by atoms with van der Waals surface area (Å²) in [7, 11) is -3.00. The first-order valence-corrected chi connectivity index (χ1v) is 10.0. The predicted octanol–water partition coefficient (Wildman–Crippen LogP) is -0.862. The van der Waals surface area contributed by atoms with Gasteiger partial charge in [-0.1, -0.05) is 19.6 Å². The molecular weight excluding hydrogens is 318 g/mol. The SMILES string of the molecule is C[Si](C)(C)[C@@]1(n2cnc(N)nc2=O)O[C@H](CO)[C@@H](O)C1(F)F. The molecule has 0 saturated carbocycles. The number of alkyl halides is 2. The summed E-state index contributed by atoms with van der Waals surface area (Å²) in [6, 6.07) is 0. The Morgan fingerprint density at radius 2 is 2.09 bits per heavy atom. The Morgan fingerprint density at radius 1 is 1.50 bits per heavy atom. The van der Waals surface area contributed by atoms with Gasteiger partial charge in [-0.3, -0.25) is 4.57 Å². The predicted molar refractivity (Wildman–Crippen MR) is 74.9 cm³/mol. The average Bonchev–Trinajstić information content (AvgIpc) is 2.59. The minimum absolute atomic E-state index is 0.354. The lowest BCUT2D eigenvalue weighted by molar-refractivity contribution is -0.176. The van der Waals surface area contributed by atoms with Crippen LogP contribution in [0.25, 0.3) is 0 Å². The highest BCUT2D eigenvalue weighted by molar-refractivity contribution is 6.78. The summed E-state index contributed by atoms with van der Waals surface area (Å²) in [4.78, 5) is 19.0. The van der Waals surface area contributed by atoms with Crippen molar-refractivity contribution in [2.75, 3.05) is 12.3 Å². The van der Waals surface area contributed by atoms with Crippen LogP contribution in [0.5, 0.6) is 0 Å². The lowest BCUT2D eigenvalue weighted by atomic mass is 10.1. The number of aliphatic hydroxyl groups is 2. The van der Waals surface area contributed by atoms with E-state index in [2.05, 4.69) is 9.97 Å². The molecule has 0 spiro atoms. The fourth-order valence-electron chi connectivity index (χ4n) is 2.75. The summed E-state index contributed by atoms with van der Waals surface area (Å²) < 4.78 is 35.6. The van der Waals surface area contributed by atoms with Crippen molar-refractivity contribution in [1.82, 2.24) is 14.5 Å². The molecule has 11 heteroatoms. The van der Waals surface area contributed by atoms with Crippen LogP contribution in [0.1, 0.15) is 0 Å². The van der Waals surface area contributed by atoms with Gasteiger partial charge in [0.2, 0.25) is 5.95 Å². The maximum Gasteiger partial charge on any atom is 0.354 e. The smallest absolute Gasteiger partial charge is 0.354 e. The first-order chi connectivity index (χ1) is 9.99. The molecule has 4 N–H and O–H groups in total. The average molecular weight is 336 g/mol. The molecule has 0 aliphatic carbocycles. The topological polar surface area (TPSA) is 123 Å². The molecule has 1 aromatic rings. The molecule has 0 aromatic carbocycles. The Balaban J connectivity index is 2.78. The van der Waals surface area contributed by atoms with Crippen LogP contribution in [0.15, 0.2) is 11.1 Å². The van der Waals surface area contributed by atoms with E-state index in [9.17, 15) is 23.8 Å². The lowest BCUT2D eigenvalue weighted by Gasteiger charge is -2.43. The van der Waals surface area contributed by atoms with E-state index in [0.29, 0.717) is 4.57 Å². The highest BCUT2D eigenvalue weighted by Gasteiger charge is 2.74. The summed E-state index contributed by atoms with van der Waals surface area (Å²) in [6.07, 6.45) is -2.94. The molecular formula is C11H18F2N4O4Si. The van der Waals surface area contributed by atoms with Crippen molar-refractivity contribution in [2.45, 2.75) is 43.1 Å². The summed E-state index contributed by atoms with van der Waals surface area (Å²) in [6.45, 7) is 3.84. The second kappa shape index (κ2) is 5.04. The molecule has 2 rings (SSSR count). The fraction of sp³-hybridized carbons (Fsp3) is 0.727. The zero-order valence-electron chi connectivity index (χ0n) is 12.3. The fourth-order valence-corrected chi connectivity index (χ4v) is 5.28. The van der Waals surface area contributed by atoms with Crippen LogP contribution in [-0.4, -0.2) is 57.6 Å². The molecule has 22 heavy (non-hydrogen) atoms. The van der Waals surface area contributed by atoms with E-state index >= 15 is 0 Å². The van der Waals surface area contributed by atoms with Gasteiger partial charge < -0.3 is 20.7 Å². The standard InChI is InChI=1S/C11H18F2N4O4Si/c1-22(2,3)11(17-5-15-8(14)16-9(17)20)10(12,13)7(19)6(4-18)21-11/h5-7,18-19H,4H2,1-3H3,(H2,14,16,20)/t6-,7-,11+/m1/s1. The third-order valence-electron chi connectivity index (χ3n) is 3.75. The van der Waals surface area contributed by atoms with E-state index in [4.69, 9.17) is 10.5 Å². The number of hydrogen-bond acceptors (Lipinski definition) is 7. The molecule has 2 heterocycles. The third-order valence-corrected chi connectivity index (χ3v) is 6.48. The zero-order valence-corrected chi connectivity index (χ0v) is 13.3. The molecule has 1 aliphatic rings. The molecule has 3 atom stereocenters. The van der Waals surface area contributed by atoms with Gasteiger partial charge in [-0.05, 0) is 0 Å². The Labute approximate surface area is 125 Å². The van der Waals surface area contributed by atoms with E-state index in [1.165, 1.54) is 0 Å². The molecule has 8 nitrogen and oxygen atoms in total. The van der Waals surface area contributed by atoms with Gasteiger partial charge in [0.25, 0.3) is 0 Å². The van der Waals surface area contributed by atoms with E-state index in [1.807, 2.05) is 0 Å². The van der Waals surface area contributed by atoms with Crippen LogP contribution in [-0.2, 0) is 10.1 Å². The maximum atomic E-state index is 14.9. The number of nitrogen functional groups attached to an aromatic ring is 1. The Hall–Kier alpha value is -1.43. The summed E-state index contributed by atoms with van der Waals surface area (Å²) in [5.74, 6) is -4.17. The van der Waals surface area contributed by atoms with Crippen LogP contribution < -0.4 is 11.4 Å². The molecule has 124 valence electrons. The first-order valence-electron chi connectivity index (χ1n) is 6.55. The minimum atomic E-state index is -3.81. The van der Waals surface area contributed by atoms with Crippen LogP contribution >= 0.6 is 0 Å². The number of anilines is 1. The van der Waals surface area contributed by atoms with Crippen LogP contribution in [0.4, 0.5) is 14.7 Å². The van der Waals surface area contributed by atoms with Crippen molar-refractivity contribution in [3.8, 4) is 0 Å². The monoisotopic (exact) mass is 336 g/mol. The molecule has 1 fully saturated rings. The molecule has 0 unspecified atom stereocenters. The molecule has 1 aliphatic heterocycles. The number of aliphatic hydroxyl groups excluding tert-OH is 2. The van der Waals surface area contributed by atoms with Gasteiger partial charge in [0.1, 0.15) is 20.5 Å². The lowest BCUT2D eigenvalue weighted by Crippen LogP contribution is -2.67. The van der Waals surface area contributed by atoms with Crippen LogP contribution in [0.3, 0.4) is 0 Å². The molecule has 1 saturated heterocycles. The Kier molecular flexibility index (Phi) is 3.88. The minimum Gasteiger partial charge on any atom is -0.394 e. The van der Waals surface area contributed by atoms with Gasteiger partial charge in [0.15, 0.2) is 11.5 Å². The number of rotatable bonds is 3. The van der Waals surface area contributed by atoms with Gasteiger partial charge >= 0.3 is 11.6 Å². The van der Waals surface area contributed by atoms with Crippen molar-refractivity contribution in [2.24, 2.45) is 0 Å². The van der Waals surface area contributed by atoms with Crippen LogP contribution in [0.2, 0.25) is 19.6 Å². The second-order valence-corrected chi connectivity index (χ2v) is 11.3. The van der Waals surface area contributed by atoms with E-state index in [0.717, 1.165) is 6.33 Å². The van der Waals surface area contributed by atoms with Crippen molar-refractivity contribution < 1.29 is 23.7 Å². The number of hydrogen-bond donors (Lipinski definition) is 3. The van der Waals surface area contributed by atoms with Gasteiger partial charge in [-0.25, -0.2) is 9.78 Å². The highest BCUT2D eigenvalue weighted by atomic mass is 28.3. The zero-order chi connectivity index (χ0) is 16.9. The van der Waals surface area contributed by atoms with Crippen molar-refractivity contribution >= 4 is 14.0 Å². The third kappa shape index (κ3) is 2.07. The normalized spacial score (nSPS) is 31.4. The Bertz CT molecular complexity index is 635. The summed E-state index contributed by atoms with van der Waals surface area (Å²) in [5.41, 5.74) is 4.23. The van der Waals surface area contributed by atoms with Crippen molar-refractivity contribution in [3.05, 3.63) is 16.8 Å². The number of nitrogens with two attached hydrogens (primary N) is 1. The van der Waals surface area contributed by atoms with Gasteiger partial charge in [-0.2, -0.15) is 13.8 Å². The summed E-state index contributed by atoms with van der Waals surface area (Å²) >= 11 is 0. The molecule has 0 radical (unpaired) electrons. The number of ether oxygens (including phenoxy) is 1. The number of aromatic nitrogens is 3. The largest absolute Gasteiger partial charge is 0.394 e. The van der Waals surface area contributed by atoms with Gasteiger partial charge in [-0.15, -0.1) is 0 Å². The number of nitrogens with zero attached hydrogens (tertiary/aromatic N) is 3. The Morgan fingerprint density at radius 3 is 2.50 bits per heavy atom. The highest BCUT2D eigenvalue weighted by Crippen LogP contribution is 2.51.